The molecule has 0 bridgehead atoms. The van der Waals surface area contributed by atoms with E-state index in [1.807, 2.05) is 30.3 Å². The molecule has 0 spiro atoms. The second kappa shape index (κ2) is 6.96. The van der Waals surface area contributed by atoms with Crippen LogP contribution >= 0.6 is 0 Å². The van der Waals surface area contributed by atoms with E-state index in [9.17, 15) is 16.8 Å². The Morgan fingerprint density at radius 2 is 1.39 bits per heavy atom. The molecule has 23 heavy (non-hydrogen) atoms. The molecule has 0 aliphatic carbocycles. The van der Waals surface area contributed by atoms with Gasteiger partial charge < -0.3 is 11.5 Å². The molecule has 2 rings (SSSR count). The summed E-state index contributed by atoms with van der Waals surface area (Å²) in [4.78, 5) is -1.40. The van der Waals surface area contributed by atoms with Crippen LogP contribution in [0, 0.1) is 6.92 Å². The summed E-state index contributed by atoms with van der Waals surface area (Å²) < 4.78 is 60.9. The van der Waals surface area contributed by atoms with Gasteiger partial charge in [0.05, 0.1) is 10.6 Å². The van der Waals surface area contributed by atoms with Gasteiger partial charge in [0.25, 0.3) is 20.2 Å². The van der Waals surface area contributed by atoms with E-state index in [1.54, 1.807) is 0 Å². The second-order valence-electron chi connectivity index (χ2n) is 4.51. The van der Waals surface area contributed by atoms with Crippen molar-refractivity contribution in [1.29, 1.82) is 0 Å². The maximum absolute atomic E-state index is 10.9. The summed E-state index contributed by atoms with van der Waals surface area (Å²) in [6.07, 6.45) is 0. The van der Waals surface area contributed by atoms with Gasteiger partial charge in [-0.15, -0.1) is 0 Å². The highest BCUT2D eigenvalue weighted by atomic mass is 32.2. The summed E-state index contributed by atoms with van der Waals surface area (Å²) >= 11 is 0. The number of hydrogen-bond donors (Lipinski definition) is 4. The van der Waals surface area contributed by atoms with Crippen molar-refractivity contribution < 1.29 is 25.9 Å². The van der Waals surface area contributed by atoms with Crippen LogP contribution in [0.25, 0.3) is 0 Å². The van der Waals surface area contributed by atoms with Crippen LogP contribution in [0.5, 0.6) is 0 Å². The summed E-state index contributed by atoms with van der Waals surface area (Å²) in [6, 6.07) is 11.1. The molecule has 0 aliphatic rings. The molecule has 2 aromatic carbocycles. The standard InChI is InChI=1S/C7H9NO6S2.C6H7N/c1-4-2-5(15(9,10)11)3-6(7(4)8)16(12,13)14;7-6-4-2-1-3-5-6/h2-3H,8H2,1H3,(H,9,10,11)(H,12,13,14);1-5H,7H2. The van der Waals surface area contributed by atoms with E-state index in [2.05, 4.69) is 0 Å². The molecule has 0 aromatic heterocycles. The van der Waals surface area contributed by atoms with Crippen LogP contribution in [0.1, 0.15) is 5.56 Å². The molecule has 0 atom stereocenters. The Balaban J connectivity index is 0.000000313. The summed E-state index contributed by atoms with van der Waals surface area (Å²) in [5.41, 5.74) is 11.4. The van der Waals surface area contributed by atoms with Crippen molar-refractivity contribution >= 4 is 31.6 Å². The van der Waals surface area contributed by atoms with E-state index in [4.69, 9.17) is 20.6 Å². The average molecular weight is 360 g/mol. The molecule has 0 unspecified atom stereocenters. The number of rotatable bonds is 2. The third-order valence-corrected chi connectivity index (χ3v) is 4.42. The SMILES string of the molecule is Cc1cc(S(=O)(=O)O)cc(S(=O)(=O)O)c1N.Nc1ccccc1. The minimum atomic E-state index is -4.64. The summed E-state index contributed by atoms with van der Waals surface area (Å²) in [5.74, 6) is 0. The number of nitrogen functional groups attached to an aromatic ring is 2. The highest BCUT2D eigenvalue weighted by Gasteiger charge is 2.20. The third-order valence-electron chi connectivity index (χ3n) is 2.70. The first-order valence-electron chi connectivity index (χ1n) is 6.08. The molecule has 0 amide bonds. The van der Waals surface area contributed by atoms with Crippen molar-refractivity contribution in [3.05, 3.63) is 48.0 Å². The molecule has 8 nitrogen and oxygen atoms in total. The fourth-order valence-corrected chi connectivity index (χ4v) is 2.93. The zero-order chi connectivity index (χ0) is 17.8. The van der Waals surface area contributed by atoms with Crippen LogP contribution < -0.4 is 11.5 Å². The third kappa shape index (κ3) is 5.53. The Bertz CT molecular complexity index is 894. The quantitative estimate of drug-likeness (QED) is 0.461. The molecule has 0 fully saturated rings. The van der Waals surface area contributed by atoms with Gasteiger partial charge in [-0.3, -0.25) is 9.11 Å². The van der Waals surface area contributed by atoms with Gasteiger partial charge in [0.1, 0.15) is 4.90 Å². The predicted molar refractivity (Wildman–Crippen MR) is 86.1 cm³/mol. The van der Waals surface area contributed by atoms with Gasteiger partial charge in [0.2, 0.25) is 0 Å². The lowest BCUT2D eigenvalue weighted by molar-refractivity contribution is 0.481. The Kier molecular flexibility index (Phi) is 5.72. The van der Waals surface area contributed by atoms with Crippen LogP contribution in [-0.4, -0.2) is 25.9 Å². The molecule has 0 saturated heterocycles. The Morgan fingerprint density at radius 1 is 0.870 bits per heavy atom. The van der Waals surface area contributed by atoms with Crippen molar-refractivity contribution in [3.63, 3.8) is 0 Å². The Morgan fingerprint density at radius 3 is 1.74 bits per heavy atom. The average Bonchev–Trinajstić information content (AvgIpc) is 2.40. The molecule has 0 heterocycles. The lowest BCUT2D eigenvalue weighted by Crippen LogP contribution is -2.08. The first-order chi connectivity index (χ1) is 10.4. The topological polar surface area (TPSA) is 161 Å². The Hall–Kier alpha value is -2.14. The lowest BCUT2D eigenvalue weighted by atomic mass is 10.2. The normalized spacial score (nSPS) is 11.4. The second-order valence-corrected chi connectivity index (χ2v) is 7.32. The number of anilines is 2. The summed E-state index contributed by atoms with van der Waals surface area (Å²) in [6.45, 7) is 1.35. The van der Waals surface area contributed by atoms with E-state index in [0.29, 0.717) is 6.07 Å². The largest absolute Gasteiger partial charge is 0.399 e. The molecule has 126 valence electrons. The number of benzene rings is 2. The molecular weight excluding hydrogens is 344 g/mol. The first kappa shape index (κ1) is 18.9. The molecule has 0 radical (unpaired) electrons. The number of nitrogens with two attached hydrogens (primary N) is 2. The summed E-state index contributed by atoms with van der Waals surface area (Å²) in [5, 5.41) is 0. The lowest BCUT2D eigenvalue weighted by Gasteiger charge is -2.07. The van der Waals surface area contributed by atoms with Gasteiger partial charge in [-0.05, 0) is 36.8 Å². The van der Waals surface area contributed by atoms with Gasteiger partial charge in [0.15, 0.2) is 0 Å². The maximum atomic E-state index is 10.9. The van der Waals surface area contributed by atoms with Crippen LogP contribution in [0.4, 0.5) is 11.4 Å². The molecular formula is C13H16N2O6S2. The number of para-hydroxylation sites is 1. The number of hydrogen-bond acceptors (Lipinski definition) is 6. The molecule has 2 aromatic rings. The highest BCUT2D eigenvalue weighted by Crippen LogP contribution is 2.26. The van der Waals surface area contributed by atoms with Gasteiger partial charge in [-0.1, -0.05) is 18.2 Å². The van der Waals surface area contributed by atoms with Crippen LogP contribution in [0.3, 0.4) is 0 Å². The molecule has 0 aliphatic heterocycles. The van der Waals surface area contributed by atoms with Crippen molar-refractivity contribution in [2.75, 3.05) is 11.5 Å². The van der Waals surface area contributed by atoms with E-state index in [-0.39, 0.29) is 11.3 Å². The predicted octanol–water partition coefficient (Wildman–Crippen LogP) is 1.34. The fourth-order valence-electron chi connectivity index (χ4n) is 1.55. The highest BCUT2D eigenvalue weighted by molar-refractivity contribution is 7.86. The van der Waals surface area contributed by atoms with Gasteiger partial charge >= 0.3 is 0 Å². The zero-order valence-corrected chi connectivity index (χ0v) is 13.7. The summed E-state index contributed by atoms with van der Waals surface area (Å²) in [7, 11) is -9.20. The van der Waals surface area contributed by atoms with Crippen LogP contribution in [0.2, 0.25) is 0 Å². The van der Waals surface area contributed by atoms with Gasteiger partial charge in [-0.2, -0.15) is 16.8 Å². The van der Waals surface area contributed by atoms with Crippen LogP contribution in [0.15, 0.2) is 52.3 Å². The van der Waals surface area contributed by atoms with Crippen molar-refractivity contribution in [2.24, 2.45) is 0 Å². The minimum absolute atomic E-state index is 0.114. The molecule has 6 N–H and O–H groups in total. The smallest absolute Gasteiger partial charge is 0.296 e. The maximum Gasteiger partial charge on any atom is 0.296 e. The van der Waals surface area contributed by atoms with Crippen molar-refractivity contribution in [1.82, 2.24) is 0 Å². The monoisotopic (exact) mass is 360 g/mol. The van der Waals surface area contributed by atoms with E-state index >= 15 is 0 Å². The van der Waals surface area contributed by atoms with E-state index < -0.39 is 30.0 Å². The number of aryl methyl sites for hydroxylation is 1. The zero-order valence-electron chi connectivity index (χ0n) is 12.0. The van der Waals surface area contributed by atoms with Crippen LogP contribution in [-0.2, 0) is 20.2 Å². The van der Waals surface area contributed by atoms with Crippen molar-refractivity contribution in [3.8, 4) is 0 Å². The van der Waals surface area contributed by atoms with E-state index in [1.165, 1.54) is 6.92 Å². The van der Waals surface area contributed by atoms with Gasteiger partial charge in [0, 0.05) is 5.69 Å². The minimum Gasteiger partial charge on any atom is -0.399 e. The fraction of sp³-hybridized carbons (Fsp3) is 0.0769. The van der Waals surface area contributed by atoms with Gasteiger partial charge in [-0.25, -0.2) is 0 Å². The van der Waals surface area contributed by atoms with E-state index in [0.717, 1.165) is 11.8 Å². The molecule has 0 saturated carbocycles. The van der Waals surface area contributed by atoms with Crippen molar-refractivity contribution in [2.45, 2.75) is 16.7 Å². The first-order valence-corrected chi connectivity index (χ1v) is 8.96. The Labute approximate surface area is 134 Å². The molecule has 10 heteroatoms.